The number of carbonyl (C=O) groups excluding carboxylic acids is 2. The first-order valence-electron chi connectivity index (χ1n) is 10.1. The standard InChI is InChI=1S/C23H22F3N3O2/c24-23(25,26)15-10-8-14(9-11-15)16-5-3-6-19(16)28-21(30)13-29-12-18(22(27)31)17-4-1-2-7-20(17)29/h1-2,4,7-12,16,19H,3,5-6,13H2,(H2,27,31)(H,28,30)/t16-,19+/m0/s1. The Labute approximate surface area is 177 Å². The Morgan fingerprint density at radius 2 is 1.77 bits per heavy atom. The van der Waals surface area contributed by atoms with Crippen LogP contribution in [0.25, 0.3) is 10.9 Å². The maximum atomic E-state index is 12.8. The van der Waals surface area contributed by atoms with Crippen LogP contribution in [0.5, 0.6) is 0 Å². The van der Waals surface area contributed by atoms with Gasteiger partial charge in [0, 0.05) is 29.1 Å². The molecule has 0 radical (unpaired) electrons. The molecule has 31 heavy (non-hydrogen) atoms. The number of nitrogens with one attached hydrogen (secondary N) is 1. The number of halogens is 3. The van der Waals surface area contributed by atoms with Crippen molar-refractivity contribution in [1.82, 2.24) is 9.88 Å². The molecule has 2 atom stereocenters. The third-order valence-corrected chi connectivity index (χ3v) is 5.90. The summed E-state index contributed by atoms with van der Waals surface area (Å²) in [6.07, 6.45) is -0.348. The molecular formula is C23H22F3N3O2. The number of nitrogens with two attached hydrogens (primary N) is 1. The minimum absolute atomic E-state index is 0.0179. The molecule has 2 aromatic carbocycles. The van der Waals surface area contributed by atoms with Crippen LogP contribution < -0.4 is 11.1 Å². The van der Waals surface area contributed by atoms with Crippen LogP contribution in [-0.2, 0) is 17.5 Å². The van der Waals surface area contributed by atoms with E-state index >= 15 is 0 Å². The van der Waals surface area contributed by atoms with Crippen LogP contribution in [-0.4, -0.2) is 22.4 Å². The van der Waals surface area contributed by atoms with Crippen molar-refractivity contribution in [3.63, 3.8) is 0 Å². The van der Waals surface area contributed by atoms with E-state index < -0.39 is 17.6 Å². The van der Waals surface area contributed by atoms with Crippen molar-refractivity contribution in [2.45, 2.75) is 43.9 Å². The van der Waals surface area contributed by atoms with Crippen molar-refractivity contribution in [2.75, 3.05) is 0 Å². The van der Waals surface area contributed by atoms with E-state index in [0.29, 0.717) is 10.9 Å². The number of nitrogens with zero attached hydrogens (tertiary/aromatic N) is 1. The third-order valence-electron chi connectivity index (χ3n) is 5.90. The molecule has 2 amide bonds. The van der Waals surface area contributed by atoms with Gasteiger partial charge in [-0.3, -0.25) is 9.59 Å². The molecule has 0 bridgehead atoms. The summed E-state index contributed by atoms with van der Waals surface area (Å²) in [5, 5.41) is 3.71. The molecule has 1 saturated carbocycles. The zero-order valence-electron chi connectivity index (χ0n) is 16.7. The highest BCUT2D eigenvalue weighted by molar-refractivity contribution is 6.06. The van der Waals surface area contributed by atoms with Gasteiger partial charge in [0.1, 0.15) is 6.54 Å². The molecule has 4 rings (SSSR count). The zero-order valence-corrected chi connectivity index (χ0v) is 16.7. The van der Waals surface area contributed by atoms with E-state index in [-0.39, 0.29) is 24.4 Å². The van der Waals surface area contributed by atoms with Crippen LogP contribution >= 0.6 is 0 Å². The van der Waals surface area contributed by atoms with Gasteiger partial charge in [0.05, 0.1) is 11.1 Å². The van der Waals surface area contributed by atoms with E-state index in [1.54, 1.807) is 22.9 Å². The lowest BCUT2D eigenvalue weighted by molar-refractivity contribution is -0.137. The van der Waals surface area contributed by atoms with E-state index in [0.717, 1.165) is 42.5 Å². The molecular weight excluding hydrogens is 407 g/mol. The molecule has 3 aromatic rings. The van der Waals surface area contributed by atoms with Crippen LogP contribution in [0.1, 0.15) is 46.7 Å². The Kier molecular flexibility index (Phi) is 5.47. The van der Waals surface area contributed by atoms with Gasteiger partial charge in [0.15, 0.2) is 0 Å². The lowest BCUT2D eigenvalue weighted by Crippen LogP contribution is -2.38. The summed E-state index contributed by atoms with van der Waals surface area (Å²) in [4.78, 5) is 24.5. The van der Waals surface area contributed by atoms with Crippen LogP contribution in [0.2, 0.25) is 0 Å². The van der Waals surface area contributed by atoms with E-state index in [1.807, 2.05) is 12.1 Å². The first-order chi connectivity index (χ1) is 14.7. The van der Waals surface area contributed by atoms with Crippen molar-refractivity contribution in [3.8, 4) is 0 Å². The van der Waals surface area contributed by atoms with Crippen LogP contribution in [0.3, 0.4) is 0 Å². The largest absolute Gasteiger partial charge is 0.416 e. The molecule has 1 aliphatic rings. The minimum atomic E-state index is -4.37. The third kappa shape index (κ3) is 4.28. The van der Waals surface area contributed by atoms with Gasteiger partial charge in [-0.1, -0.05) is 36.8 Å². The summed E-state index contributed by atoms with van der Waals surface area (Å²) in [6, 6.07) is 12.2. The molecule has 1 fully saturated rings. The second kappa shape index (κ2) is 8.09. The summed E-state index contributed by atoms with van der Waals surface area (Å²) in [5.74, 6) is -0.817. The number of aromatic nitrogens is 1. The molecule has 3 N–H and O–H groups in total. The van der Waals surface area contributed by atoms with Gasteiger partial charge in [-0.2, -0.15) is 13.2 Å². The highest BCUT2D eigenvalue weighted by Crippen LogP contribution is 2.36. The van der Waals surface area contributed by atoms with Gasteiger partial charge >= 0.3 is 6.18 Å². The maximum Gasteiger partial charge on any atom is 0.416 e. The van der Waals surface area contributed by atoms with E-state index in [2.05, 4.69) is 5.32 Å². The molecule has 0 aliphatic heterocycles. The SMILES string of the molecule is NC(=O)c1cn(CC(=O)N[C@@H]2CCC[C@H]2c2ccc(C(F)(F)F)cc2)c2ccccc12. The number of benzene rings is 2. The van der Waals surface area contributed by atoms with Gasteiger partial charge in [0.2, 0.25) is 5.91 Å². The lowest BCUT2D eigenvalue weighted by atomic mass is 9.93. The average Bonchev–Trinajstić information content (AvgIpc) is 3.32. The summed E-state index contributed by atoms with van der Waals surface area (Å²) >= 11 is 0. The molecule has 162 valence electrons. The second-order valence-electron chi connectivity index (χ2n) is 7.88. The first-order valence-corrected chi connectivity index (χ1v) is 10.1. The zero-order chi connectivity index (χ0) is 22.2. The van der Waals surface area contributed by atoms with Crippen molar-refractivity contribution in [2.24, 2.45) is 5.73 Å². The Morgan fingerprint density at radius 1 is 1.06 bits per heavy atom. The van der Waals surface area contributed by atoms with Gasteiger partial charge in [0.25, 0.3) is 5.91 Å². The maximum absolute atomic E-state index is 12.8. The Bertz CT molecular complexity index is 1120. The number of alkyl halides is 3. The van der Waals surface area contributed by atoms with Gasteiger partial charge in [-0.05, 0) is 36.6 Å². The number of hydrogen-bond acceptors (Lipinski definition) is 2. The highest BCUT2D eigenvalue weighted by atomic mass is 19.4. The average molecular weight is 429 g/mol. The smallest absolute Gasteiger partial charge is 0.366 e. The number of carbonyl (C=O) groups is 2. The van der Waals surface area contributed by atoms with Crippen molar-refractivity contribution >= 4 is 22.7 Å². The van der Waals surface area contributed by atoms with Crippen LogP contribution in [0.15, 0.2) is 54.7 Å². The first kappa shape index (κ1) is 21.0. The number of amides is 2. The normalized spacial score (nSPS) is 18.9. The summed E-state index contributed by atoms with van der Waals surface area (Å²) in [6.45, 7) is 0.0179. The highest BCUT2D eigenvalue weighted by Gasteiger charge is 2.33. The summed E-state index contributed by atoms with van der Waals surface area (Å²) < 4.78 is 40.2. The summed E-state index contributed by atoms with van der Waals surface area (Å²) in [7, 11) is 0. The van der Waals surface area contributed by atoms with Gasteiger partial charge in [-0.25, -0.2) is 0 Å². The van der Waals surface area contributed by atoms with Gasteiger partial charge < -0.3 is 15.6 Å². The monoisotopic (exact) mass is 429 g/mol. The number of para-hydroxylation sites is 1. The molecule has 1 aromatic heterocycles. The Balaban J connectivity index is 1.49. The Hall–Kier alpha value is -3.29. The van der Waals surface area contributed by atoms with E-state index in [9.17, 15) is 22.8 Å². The number of fused-ring (bicyclic) bond motifs is 1. The lowest BCUT2D eigenvalue weighted by Gasteiger charge is -2.22. The molecule has 0 saturated heterocycles. The molecule has 0 spiro atoms. The van der Waals surface area contributed by atoms with Crippen molar-refractivity contribution in [3.05, 3.63) is 71.4 Å². The number of primary amides is 1. The quantitative estimate of drug-likeness (QED) is 0.637. The topological polar surface area (TPSA) is 77.1 Å². The van der Waals surface area contributed by atoms with Gasteiger partial charge in [-0.15, -0.1) is 0 Å². The predicted molar refractivity (Wildman–Crippen MR) is 110 cm³/mol. The number of rotatable bonds is 5. The fourth-order valence-corrected chi connectivity index (χ4v) is 4.43. The predicted octanol–water partition coefficient (Wildman–Crippen LogP) is 4.21. The fourth-order valence-electron chi connectivity index (χ4n) is 4.43. The van der Waals surface area contributed by atoms with E-state index in [4.69, 9.17) is 5.73 Å². The molecule has 5 nitrogen and oxygen atoms in total. The molecule has 8 heteroatoms. The second-order valence-corrected chi connectivity index (χ2v) is 7.88. The number of hydrogen-bond donors (Lipinski definition) is 2. The van der Waals surface area contributed by atoms with Crippen molar-refractivity contribution < 1.29 is 22.8 Å². The summed E-state index contributed by atoms with van der Waals surface area (Å²) in [5.41, 5.74) is 6.65. The molecule has 0 unspecified atom stereocenters. The van der Waals surface area contributed by atoms with Crippen molar-refractivity contribution in [1.29, 1.82) is 0 Å². The Morgan fingerprint density at radius 3 is 2.45 bits per heavy atom. The fraction of sp³-hybridized carbons (Fsp3) is 0.304. The minimum Gasteiger partial charge on any atom is -0.366 e. The van der Waals surface area contributed by atoms with Crippen LogP contribution in [0, 0.1) is 0 Å². The molecule has 1 aliphatic carbocycles. The van der Waals surface area contributed by atoms with E-state index in [1.165, 1.54) is 12.1 Å². The van der Waals surface area contributed by atoms with Crippen LogP contribution in [0.4, 0.5) is 13.2 Å². The molecule has 1 heterocycles.